The number of carbonyl (C=O) groups is 1. The summed E-state index contributed by atoms with van der Waals surface area (Å²) in [6.07, 6.45) is 3.00. The van der Waals surface area contributed by atoms with Crippen molar-refractivity contribution in [2.24, 2.45) is 11.3 Å². The van der Waals surface area contributed by atoms with Crippen LogP contribution in [-0.2, 0) is 19.6 Å². The minimum absolute atomic E-state index is 0.0136. The lowest BCUT2D eigenvalue weighted by molar-refractivity contribution is -0.157. The van der Waals surface area contributed by atoms with Gasteiger partial charge in [0.05, 0.1) is 17.3 Å². The molecule has 1 aliphatic carbocycles. The molecule has 0 spiro atoms. The van der Waals surface area contributed by atoms with Crippen LogP contribution in [0.1, 0.15) is 32.6 Å². The van der Waals surface area contributed by atoms with Crippen LogP contribution in [0.5, 0.6) is 0 Å². The van der Waals surface area contributed by atoms with E-state index in [1.807, 2.05) is 21.0 Å². The van der Waals surface area contributed by atoms with Crippen molar-refractivity contribution in [3.8, 4) is 0 Å². The van der Waals surface area contributed by atoms with Crippen LogP contribution in [0.15, 0.2) is 0 Å². The van der Waals surface area contributed by atoms with Gasteiger partial charge in [0, 0.05) is 45.2 Å². The molecule has 0 amide bonds. The molecule has 2 aliphatic heterocycles. The van der Waals surface area contributed by atoms with Gasteiger partial charge >= 0.3 is 5.97 Å². The lowest BCUT2D eigenvalue weighted by Crippen LogP contribution is -2.44. The third-order valence-corrected chi connectivity index (χ3v) is 8.44. The maximum absolute atomic E-state index is 12.9. The molecule has 7 nitrogen and oxygen atoms in total. The highest BCUT2D eigenvalue weighted by molar-refractivity contribution is 7.90. The van der Waals surface area contributed by atoms with Crippen LogP contribution < -0.4 is 0 Å². The summed E-state index contributed by atoms with van der Waals surface area (Å²) in [5.74, 6) is -0.122. The first-order valence-corrected chi connectivity index (χ1v) is 11.3. The van der Waals surface area contributed by atoms with Gasteiger partial charge in [0.2, 0.25) is 10.0 Å². The Morgan fingerprint density at radius 3 is 2.62 bits per heavy atom. The molecular formula is C18H33N3O4S. The first kappa shape index (κ1) is 20.0. The number of carbonyl (C=O) groups excluding carboxylic acids is 1. The van der Waals surface area contributed by atoms with Crippen molar-refractivity contribution >= 4 is 16.0 Å². The minimum atomic E-state index is -3.20. The van der Waals surface area contributed by atoms with Crippen molar-refractivity contribution in [2.75, 3.05) is 60.0 Å². The van der Waals surface area contributed by atoms with Crippen LogP contribution in [0, 0.1) is 11.3 Å². The number of hydrogen-bond donors (Lipinski definition) is 0. The summed E-state index contributed by atoms with van der Waals surface area (Å²) in [5.41, 5.74) is -0.559. The molecule has 3 aliphatic rings. The molecule has 2 heterocycles. The highest BCUT2D eigenvalue weighted by Crippen LogP contribution is 2.45. The van der Waals surface area contributed by atoms with E-state index in [1.54, 1.807) is 4.31 Å². The molecule has 3 rings (SSSR count). The first-order valence-electron chi connectivity index (χ1n) is 9.83. The maximum atomic E-state index is 12.9. The summed E-state index contributed by atoms with van der Waals surface area (Å²) in [7, 11) is 0.877. The van der Waals surface area contributed by atoms with Crippen LogP contribution in [0.3, 0.4) is 0 Å². The fourth-order valence-corrected chi connectivity index (χ4v) is 6.36. The van der Waals surface area contributed by atoms with Crippen LogP contribution in [-0.4, -0.2) is 93.7 Å². The van der Waals surface area contributed by atoms with Crippen LogP contribution in [0.4, 0.5) is 0 Å². The molecular weight excluding hydrogens is 354 g/mol. The largest absolute Gasteiger partial charge is 0.466 e. The Kier molecular flexibility index (Phi) is 5.96. The van der Waals surface area contributed by atoms with Gasteiger partial charge in [-0.15, -0.1) is 0 Å². The van der Waals surface area contributed by atoms with Gasteiger partial charge in [-0.1, -0.05) is 0 Å². The van der Waals surface area contributed by atoms with E-state index in [9.17, 15) is 13.2 Å². The number of likely N-dealkylation sites (tertiary alicyclic amines) is 1. The van der Waals surface area contributed by atoms with Crippen molar-refractivity contribution in [3.63, 3.8) is 0 Å². The summed E-state index contributed by atoms with van der Waals surface area (Å²) in [5, 5.41) is -0.191. The molecule has 0 radical (unpaired) electrons. The van der Waals surface area contributed by atoms with Crippen molar-refractivity contribution in [3.05, 3.63) is 0 Å². The SMILES string of the molecule is CCOC(=O)[C@]12CCCN(S(=O)(=O)C3CC3)C[C@H]1CN(CCN(C)C)C2. The molecule has 2 atom stereocenters. The summed E-state index contributed by atoms with van der Waals surface area (Å²) < 4.78 is 32.7. The number of likely N-dealkylation sites (N-methyl/N-ethyl adjacent to an activating group) is 1. The van der Waals surface area contributed by atoms with Gasteiger partial charge in [-0.05, 0) is 46.7 Å². The van der Waals surface area contributed by atoms with E-state index >= 15 is 0 Å². The fraction of sp³-hybridized carbons (Fsp3) is 0.944. The molecule has 26 heavy (non-hydrogen) atoms. The van der Waals surface area contributed by atoms with Crippen LogP contribution in [0.25, 0.3) is 0 Å². The molecule has 2 saturated heterocycles. The van der Waals surface area contributed by atoms with Crippen molar-refractivity contribution in [1.29, 1.82) is 0 Å². The molecule has 1 saturated carbocycles. The quantitative estimate of drug-likeness (QED) is 0.597. The zero-order valence-corrected chi connectivity index (χ0v) is 17.1. The molecule has 150 valence electrons. The molecule has 0 N–H and O–H groups in total. The van der Waals surface area contributed by atoms with Gasteiger partial charge in [0.25, 0.3) is 0 Å². The van der Waals surface area contributed by atoms with E-state index in [0.29, 0.717) is 32.7 Å². The summed E-state index contributed by atoms with van der Waals surface area (Å²) >= 11 is 0. The predicted octanol–water partition coefficient (Wildman–Crippen LogP) is 0.617. The molecule has 0 aromatic carbocycles. The second-order valence-corrected chi connectivity index (χ2v) is 10.5. The zero-order valence-electron chi connectivity index (χ0n) is 16.3. The van der Waals surface area contributed by atoms with Crippen molar-refractivity contribution < 1.29 is 17.9 Å². The van der Waals surface area contributed by atoms with E-state index < -0.39 is 15.4 Å². The van der Waals surface area contributed by atoms with Gasteiger partial charge < -0.3 is 14.5 Å². The normalized spacial score (nSPS) is 31.0. The predicted molar refractivity (Wildman–Crippen MR) is 100 cm³/mol. The Labute approximate surface area is 157 Å². The van der Waals surface area contributed by atoms with E-state index in [-0.39, 0.29) is 17.1 Å². The van der Waals surface area contributed by atoms with Crippen molar-refractivity contribution in [1.82, 2.24) is 14.1 Å². The Bertz CT molecular complexity index is 620. The van der Waals surface area contributed by atoms with Crippen LogP contribution >= 0.6 is 0 Å². The highest BCUT2D eigenvalue weighted by atomic mass is 32.2. The molecule has 3 fully saturated rings. The standard InChI is InChI=1S/C18H33N3O4S/c1-4-25-17(22)18-8-5-9-21(26(23,24)16-6-7-16)13-15(18)12-20(14-18)11-10-19(2)3/h15-16H,4-14H2,1-3H3/t15-,18+/m1/s1. The topological polar surface area (TPSA) is 70.2 Å². The third-order valence-electron chi connectivity index (χ3n) is 6.07. The van der Waals surface area contributed by atoms with E-state index in [0.717, 1.165) is 38.9 Å². The Morgan fingerprint density at radius 1 is 1.27 bits per heavy atom. The summed E-state index contributed by atoms with van der Waals surface area (Å²) in [4.78, 5) is 17.4. The molecule has 0 aromatic rings. The highest BCUT2D eigenvalue weighted by Gasteiger charge is 2.55. The number of hydrogen-bond acceptors (Lipinski definition) is 6. The van der Waals surface area contributed by atoms with Crippen LogP contribution in [0.2, 0.25) is 0 Å². The number of nitrogens with zero attached hydrogens (tertiary/aromatic N) is 3. The number of rotatable bonds is 7. The first-order chi connectivity index (χ1) is 12.3. The number of esters is 1. The molecule has 0 aromatic heterocycles. The maximum Gasteiger partial charge on any atom is 0.313 e. The Morgan fingerprint density at radius 2 is 2.00 bits per heavy atom. The monoisotopic (exact) mass is 387 g/mol. The lowest BCUT2D eigenvalue weighted by Gasteiger charge is -2.31. The number of fused-ring (bicyclic) bond motifs is 1. The fourth-order valence-electron chi connectivity index (χ4n) is 4.43. The average molecular weight is 388 g/mol. The summed E-state index contributed by atoms with van der Waals surface area (Å²) in [6, 6.07) is 0. The minimum Gasteiger partial charge on any atom is -0.466 e. The number of ether oxygens (including phenoxy) is 1. The van der Waals surface area contributed by atoms with Gasteiger partial charge in [-0.25, -0.2) is 12.7 Å². The third kappa shape index (κ3) is 3.93. The Balaban J connectivity index is 1.80. The van der Waals surface area contributed by atoms with E-state index in [2.05, 4.69) is 9.80 Å². The van der Waals surface area contributed by atoms with Crippen molar-refractivity contribution in [2.45, 2.75) is 37.9 Å². The Hall–Kier alpha value is -0.700. The van der Waals surface area contributed by atoms with E-state index in [4.69, 9.17) is 4.74 Å². The lowest BCUT2D eigenvalue weighted by atomic mass is 9.75. The van der Waals surface area contributed by atoms with Gasteiger partial charge in [-0.2, -0.15) is 0 Å². The van der Waals surface area contributed by atoms with Gasteiger partial charge in [0.15, 0.2) is 0 Å². The second-order valence-electron chi connectivity index (χ2n) is 8.32. The molecule has 8 heteroatoms. The van der Waals surface area contributed by atoms with Gasteiger partial charge in [-0.3, -0.25) is 4.79 Å². The second kappa shape index (κ2) is 7.73. The number of sulfonamides is 1. The summed E-state index contributed by atoms with van der Waals surface area (Å²) in [6.45, 7) is 6.46. The smallest absolute Gasteiger partial charge is 0.313 e. The van der Waals surface area contributed by atoms with Gasteiger partial charge in [0.1, 0.15) is 0 Å². The zero-order chi connectivity index (χ0) is 18.9. The van der Waals surface area contributed by atoms with E-state index in [1.165, 1.54) is 0 Å². The molecule has 0 unspecified atom stereocenters. The average Bonchev–Trinajstić information content (AvgIpc) is 3.39. The molecule has 0 bridgehead atoms.